The van der Waals surface area contributed by atoms with Gasteiger partial charge in [-0.25, -0.2) is 0 Å². The number of aromatic nitrogens is 1. The Morgan fingerprint density at radius 2 is 1.84 bits per heavy atom. The van der Waals surface area contributed by atoms with E-state index in [1.54, 1.807) is 14.2 Å². The van der Waals surface area contributed by atoms with Crippen LogP contribution in [0.2, 0.25) is 0 Å². The first kappa shape index (κ1) is 20.4. The Bertz CT molecular complexity index is 1040. The molecule has 1 fully saturated rings. The monoisotopic (exact) mass is 420 g/mol. The first-order valence-electron chi connectivity index (χ1n) is 11.4. The molecule has 0 spiro atoms. The van der Waals surface area contributed by atoms with E-state index in [1.165, 1.54) is 27.6 Å². The average molecular weight is 421 g/mol. The zero-order valence-corrected chi connectivity index (χ0v) is 18.5. The molecule has 1 atom stereocenters. The third kappa shape index (κ3) is 4.04. The molecule has 2 aliphatic rings. The summed E-state index contributed by atoms with van der Waals surface area (Å²) in [7, 11) is 3.44. The van der Waals surface area contributed by atoms with Gasteiger partial charge in [-0.05, 0) is 66.5 Å². The van der Waals surface area contributed by atoms with Gasteiger partial charge in [-0.2, -0.15) is 0 Å². The zero-order valence-electron chi connectivity index (χ0n) is 18.5. The molecule has 0 saturated carbocycles. The molecule has 164 valence electrons. The van der Waals surface area contributed by atoms with Gasteiger partial charge >= 0.3 is 0 Å². The van der Waals surface area contributed by atoms with Gasteiger partial charge < -0.3 is 19.2 Å². The summed E-state index contributed by atoms with van der Waals surface area (Å²) in [5.74, 6) is 2.35. The summed E-state index contributed by atoms with van der Waals surface area (Å²) in [6.07, 6.45) is 6.54. The number of ether oxygens (including phenoxy) is 3. The van der Waals surface area contributed by atoms with Crippen molar-refractivity contribution < 1.29 is 14.2 Å². The zero-order chi connectivity index (χ0) is 21.2. The second-order valence-electron chi connectivity index (χ2n) is 8.79. The highest BCUT2D eigenvalue weighted by molar-refractivity contribution is 5.83. The van der Waals surface area contributed by atoms with Crippen molar-refractivity contribution in [2.24, 2.45) is 5.92 Å². The van der Waals surface area contributed by atoms with Gasteiger partial charge in [0.2, 0.25) is 0 Å². The number of benzene rings is 2. The van der Waals surface area contributed by atoms with E-state index >= 15 is 0 Å². The van der Waals surface area contributed by atoms with Gasteiger partial charge in [0.1, 0.15) is 0 Å². The van der Waals surface area contributed by atoms with Crippen molar-refractivity contribution in [3.8, 4) is 11.5 Å². The second-order valence-corrected chi connectivity index (χ2v) is 8.79. The Balaban J connectivity index is 1.51. The van der Waals surface area contributed by atoms with Crippen molar-refractivity contribution in [2.75, 3.05) is 40.5 Å². The first-order chi connectivity index (χ1) is 15.3. The summed E-state index contributed by atoms with van der Waals surface area (Å²) in [5.41, 5.74) is 5.34. The minimum atomic E-state index is 0.325. The van der Waals surface area contributed by atoms with Crippen LogP contribution in [0.5, 0.6) is 11.5 Å². The van der Waals surface area contributed by atoms with Gasteiger partial charge in [-0.15, -0.1) is 0 Å². The van der Waals surface area contributed by atoms with E-state index in [0.29, 0.717) is 12.0 Å². The number of nitrogens with one attached hydrogen (secondary N) is 1. The van der Waals surface area contributed by atoms with Gasteiger partial charge in [0.05, 0.1) is 14.2 Å². The summed E-state index contributed by atoms with van der Waals surface area (Å²) < 4.78 is 16.9. The molecule has 1 N–H and O–H groups in total. The lowest BCUT2D eigenvalue weighted by Gasteiger charge is -2.40. The van der Waals surface area contributed by atoms with Crippen molar-refractivity contribution in [1.82, 2.24) is 9.88 Å². The molecule has 0 amide bonds. The fourth-order valence-electron chi connectivity index (χ4n) is 5.31. The number of rotatable bonds is 6. The van der Waals surface area contributed by atoms with E-state index in [0.717, 1.165) is 63.5 Å². The largest absolute Gasteiger partial charge is 0.493 e. The Hall–Kier alpha value is -2.50. The van der Waals surface area contributed by atoms with E-state index in [1.807, 2.05) is 0 Å². The van der Waals surface area contributed by atoms with E-state index in [4.69, 9.17) is 14.2 Å². The van der Waals surface area contributed by atoms with E-state index in [-0.39, 0.29) is 0 Å². The molecule has 3 heterocycles. The standard InChI is InChI=1S/C26H32N2O3/c1-29-25-14-19-7-10-28(17-18-8-11-31-12-9-18)24(22(19)15-26(25)30-2)13-20-16-27-23-6-4-3-5-21(20)23/h3-6,14-16,18,24,27H,7-13,17H2,1-2H3. The smallest absolute Gasteiger partial charge is 0.161 e. The van der Waals surface area contributed by atoms with Crippen LogP contribution in [0.15, 0.2) is 42.6 Å². The fourth-order valence-corrected chi connectivity index (χ4v) is 5.31. The van der Waals surface area contributed by atoms with Crippen LogP contribution in [-0.4, -0.2) is 50.4 Å². The van der Waals surface area contributed by atoms with Crippen molar-refractivity contribution in [3.05, 3.63) is 59.3 Å². The maximum Gasteiger partial charge on any atom is 0.161 e. The number of hydrogen-bond acceptors (Lipinski definition) is 4. The molecular formula is C26H32N2O3. The van der Waals surface area contributed by atoms with Gasteiger partial charge in [0.25, 0.3) is 0 Å². The maximum absolute atomic E-state index is 5.68. The molecule has 5 rings (SSSR count). The number of hydrogen-bond donors (Lipinski definition) is 1. The maximum atomic E-state index is 5.68. The molecule has 0 aliphatic carbocycles. The van der Waals surface area contributed by atoms with Crippen LogP contribution in [0.3, 0.4) is 0 Å². The van der Waals surface area contributed by atoms with Gasteiger partial charge in [0, 0.05) is 49.4 Å². The molecule has 1 unspecified atom stereocenters. The van der Waals surface area contributed by atoms with Crippen molar-refractivity contribution >= 4 is 10.9 Å². The minimum Gasteiger partial charge on any atom is -0.493 e. The Morgan fingerprint density at radius 3 is 2.65 bits per heavy atom. The van der Waals surface area contributed by atoms with Crippen LogP contribution >= 0.6 is 0 Å². The Labute approximate surface area is 184 Å². The number of H-pyrrole nitrogens is 1. The fraction of sp³-hybridized carbons (Fsp3) is 0.462. The molecular weight excluding hydrogens is 388 g/mol. The molecule has 31 heavy (non-hydrogen) atoms. The number of nitrogens with zero attached hydrogens (tertiary/aromatic N) is 1. The van der Waals surface area contributed by atoms with Crippen molar-refractivity contribution in [2.45, 2.75) is 31.7 Å². The Kier molecular flexibility index (Phi) is 5.88. The minimum absolute atomic E-state index is 0.325. The molecule has 1 saturated heterocycles. The van der Waals surface area contributed by atoms with Gasteiger partial charge in [-0.3, -0.25) is 4.90 Å². The third-order valence-corrected chi connectivity index (χ3v) is 7.04. The van der Waals surface area contributed by atoms with Crippen LogP contribution in [0.25, 0.3) is 10.9 Å². The van der Waals surface area contributed by atoms with Crippen LogP contribution < -0.4 is 9.47 Å². The van der Waals surface area contributed by atoms with Crippen LogP contribution in [-0.2, 0) is 17.6 Å². The SMILES string of the molecule is COc1cc2c(cc1OC)C(Cc1c[nH]c3ccccc13)N(CC1CCOCC1)CC2. The van der Waals surface area contributed by atoms with E-state index in [9.17, 15) is 0 Å². The molecule has 0 bridgehead atoms. The van der Waals surface area contributed by atoms with E-state index in [2.05, 4.69) is 52.5 Å². The predicted molar refractivity (Wildman–Crippen MR) is 123 cm³/mol. The third-order valence-electron chi connectivity index (χ3n) is 7.04. The van der Waals surface area contributed by atoms with E-state index < -0.39 is 0 Å². The highest BCUT2D eigenvalue weighted by atomic mass is 16.5. The van der Waals surface area contributed by atoms with Crippen molar-refractivity contribution in [3.63, 3.8) is 0 Å². The van der Waals surface area contributed by atoms with Crippen LogP contribution in [0, 0.1) is 5.92 Å². The second kappa shape index (κ2) is 8.93. The number of para-hydroxylation sites is 1. The normalized spacial score (nSPS) is 20.0. The van der Waals surface area contributed by atoms with Gasteiger partial charge in [-0.1, -0.05) is 18.2 Å². The lowest BCUT2D eigenvalue weighted by Crippen LogP contribution is -2.40. The number of aromatic amines is 1. The summed E-state index contributed by atoms with van der Waals surface area (Å²) in [4.78, 5) is 6.16. The first-order valence-corrected chi connectivity index (χ1v) is 11.4. The summed E-state index contributed by atoms with van der Waals surface area (Å²) in [6.45, 7) is 4.00. The Morgan fingerprint density at radius 1 is 1.06 bits per heavy atom. The lowest BCUT2D eigenvalue weighted by molar-refractivity contribution is 0.0433. The lowest BCUT2D eigenvalue weighted by atomic mass is 9.86. The predicted octanol–water partition coefficient (Wildman–Crippen LogP) is 4.75. The summed E-state index contributed by atoms with van der Waals surface area (Å²) >= 11 is 0. The molecule has 1 aromatic heterocycles. The summed E-state index contributed by atoms with van der Waals surface area (Å²) in [6, 6.07) is 13.3. The molecule has 5 heteroatoms. The highest BCUT2D eigenvalue weighted by Gasteiger charge is 2.31. The topological polar surface area (TPSA) is 46.7 Å². The van der Waals surface area contributed by atoms with Crippen LogP contribution in [0.1, 0.15) is 35.6 Å². The average Bonchev–Trinajstić information content (AvgIpc) is 3.23. The molecule has 3 aromatic rings. The quantitative estimate of drug-likeness (QED) is 0.625. The molecule has 0 radical (unpaired) electrons. The van der Waals surface area contributed by atoms with Crippen molar-refractivity contribution in [1.29, 1.82) is 0 Å². The molecule has 5 nitrogen and oxygen atoms in total. The van der Waals surface area contributed by atoms with Crippen LogP contribution in [0.4, 0.5) is 0 Å². The molecule has 2 aliphatic heterocycles. The highest BCUT2D eigenvalue weighted by Crippen LogP contribution is 2.40. The molecule has 2 aromatic carbocycles. The number of methoxy groups -OCH3 is 2. The summed E-state index contributed by atoms with van der Waals surface area (Å²) in [5, 5.41) is 1.32. The number of fused-ring (bicyclic) bond motifs is 2. The van der Waals surface area contributed by atoms with Gasteiger partial charge in [0.15, 0.2) is 11.5 Å².